The number of hydrogen-bond donors (Lipinski definition) is 2. The van der Waals surface area contributed by atoms with E-state index in [4.69, 9.17) is 4.74 Å². The molecule has 0 spiro atoms. The zero-order chi connectivity index (χ0) is 14.4. The van der Waals surface area contributed by atoms with Gasteiger partial charge in [0.2, 0.25) is 5.91 Å². The van der Waals surface area contributed by atoms with E-state index in [0.29, 0.717) is 26.1 Å². The number of aliphatic carboxylic acids is 1. The van der Waals surface area contributed by atoms with Gasteiger partial charge in [-0.25, -0.2) is 4.79 Å². The molecule has 0 aliphatic carbocycles. The summed E-state index contributed by atoms with van der Waals surface area (Å²) in [6, 6.07) is -0.215. The molecule has 3 rings (SSSR count). The first kappa shape index (κ1) is 13.3. The first-order valence-corrected chi connectivity index (χ1v) is 6.77. The van der Waals surface area contributed by atoms with Crippen LogP contribution in [0.5, 0.6) is 0 Å². The molecule has 1 saturated heterocycles. The largest absolute Gasteiger partial charge is 0.477 e. The molecule has 0 radical (unpaired) electrons. The second-order valence-corrected chi connectivity index (χ2v) is 5.43. The quantitative estimate of drug-likeness (QED) is 0.725. The van der Waals surface area contributed by atoms with Crippen molar-refractivity contribution in [3.05, 3.63) is 22.9 Å². The summed E-state index contributed by atoms with van der Waals surface area (Å²) in [6.07, 6.45) is 2.31. The number of amides is 1. The summed E-state index contributed by atoms with van der Waals surface area (Å²) in [5, 5.41) is 19.1. The summed E-state index contributed by atoms with van der Waals surface area (Å²) in [4.78, 5) is 24.9. The number of rotatable bonds is 3. The van der Waals surface area contributed by atoms with Crippen LogP contribution in [-0.4, -0.2) is 52.3 Å². The van der Waals surface area contributed by atoms with Gasteiger partial charge in [-0.3, -0.25) is 4.79 Å². The molecule has 2 N–H and O–H groups in total. The van der Waals surface area contributed by atoms with Crippen LogP contribution in [0.25, 0.3) is 0 Å². The highest BCUT2D eigenvalue weighted by molar-refractivity contribution is 6.00. The van der Waals surface area contributed by atoms with Crippen LogP contribution < -0.4 is 0 Å². The summed E-state index contributed by atoms with van der Waals surface area (Å²) >= 11 is 0. The first-order chi connectivity index (χ1) is 9.52. The Labute approximate surface area is 116 Å². The average molecular weight is 279 g/mol. The second kappa shape index (κ2) is 4.71. The van der Waals surface area contributed by atoms with Gasteiger partial charge in [-0.15, -0.1) is 0 Å². The van der Waals surface area contributed by atoms with E-state index in [0.717, 1.165) is 11.1 Å². The van der Waals surface area contributed by atoms with Gasteiger partial charge in [0.05, 0.1) is 31.3 Å². The molecule has 0 unspecified atom stereocenters. The average Bonchev–Trinajstić information content (AvgIpc) is 2.74. The SMILES string of the molecule is C[C@@H](O)[C@H]1C(=O)N2C(C(=O)O)=C(C3=CCOCC3)C[C@H]12. The maximum atomic E-state index is 12.1. The van der Waals surface area contributed by atoms with Crippen LogP contribution in [0.2, 0.25) is 0 Å². The third-order valence-electron chi connectivity index (χ3n) is 4.28. The minimum Gasteiger partial charge on any atom is -0.477 e. The molecule has 1 fully saturated rings. The topological polar surface area (TPSA) is 87.1 Å². The summed E-state index contributed by atoms with van der Waals surface area (Å²) in [6.45, 7) is 2.62. The lowest BCUT2D eigenvalue weighted by Gasteiger charge is -2.44. The molecule has 3 aliphatic rings. The molecule has 0 bridgehead atoms. The fourth-order valence-electron chi connectivity index (χ4n) is 3.36. The highest BCUT2D eigenvalue weighted by Gasteiger charge is 2.56. The Morgan fingerprint density at radius 2 is 2.30 bits per heavy atom. The van der Waals surface area contributed by atoms with Crippen molar-refractivity contribution in [2.24, 2.45) is 5.92 Å². The zero-order valence-electron chi connectivity index (χ0n) is 11.2. The molecule has 0 aromatic carbocycles. The third-order valence-corrected chi connectivity index (χ3v) is 4.28. The Bertz CT molecular complexity index is 534. The molecule has 3 heterocycles. The fraction of sp³-hybridized carbons (Fsp3) is 0.571. The summed E-state index contributed by atoms with van der Waals surface area (Å²) in [5.74, 6) is -1.85. The number of carboxylic acids is 1. The Hall–Kier alpha value is -1.66. The summed E-state index contributed by atoms with van der Waals surface area (Å²) in [5.41, 5.74) is 1.77. The van der Waals surface area contributed by atoms with E-state index in [-0.39, 0.29) is 17.6 Å². The first-order valence-electron chi connectivity index (χ1n) is 6.77. The van der Waals surface area contributed by atoms with Crippen LogP contribution >= 0.6 is 0 Å². The number of ether oxygens (including phenoxy) is 1. The lowest BCUT2D eigenvalue weighted by Crippen LogP contribution is -2.61. The second-order valence-electron chi connectivity index (χ2n) is 5.43. The van der Waals surface area contributed by atoms with Gasteiger partial charge >= 0.3 is 5.97 Å². The van der Waals surface area contributed by atoms with Gasteiger partial charge in [0.1, 0.15) is 5.70 Å². The monoisotopic (exact) mass is 279 g/mol. The molecule has 0 saturated carbocycles. The van der Waals surface area contributed by atoms with Crippen LogP contribution in [0.15, 0.2) is 22.9 Å². The van der Waals surface area contributed by atoms with Gasteiger partial charge in [0.25, 0.3) is 0 Å². The standard InChI is InChI=1S/C14H17NO5/c1-7(16)11-10-6-9(8-2-4-20-5-3-8)12(14(18)19)15(10)13(11)17/h2,7,10-11,16H,3-6H2,1H3,(H,18,19)/t7-,10-,11-/m1/s1. The van der Waals surface area contributed by atoms with E-state index in [9.17, 15) is 19.8 Å². The van der Waals surface area contributed by atoms with E-state index >= 15 is 0 Å². The van der Waals surface area contributed by atoms with E-state index < -0.39 is 18.0 Å². The Kier molecular flexibility index (Phi) is 3.14. The number of β-lactam (4-membered cyclic amide) rings is 1. The molecule has 0 aromatic heterocycles. The smallest absolute Gasteiger partial charge is 0.352 e. The minimum atomic E-state index is -1.08. The van der Waals surface area contributed by atoms with E-state index in [1.165, 1.54) is 4.90 Å². The predicted molar refractivity (Wildman–Crippen MR) is 68.6 cm³/mol. The van der Waals surface area contributed by atoms with E-state index in [1.54, 1.807) is 6.92 Å². The lowest BCUT2D eigenvalue weighted by atomic mass is 9.82. The number of nitrogens with zero attached hydrogens (tertiary/aromatic N) is 1. The lowest BCUT2D eigenvalue weighted by molar-refractivity contribution is -0.161. The van der Waals surface area contributed by atoms with Gasteiger partial charge in [-0.05, 0) is 30.9 Å². The third kappa shape index (κ3) is 1.79. The molecule has 3 atom stereocenters. The number of aliphatic hydroxyl groups excluding tert-OH is 1. The zero-order valence-corrected chi connectivity index (χ0v) is 11.2. The number of hydrogen-bond acceptors (Lipinski definition) is 4. The fourth-order valence-corrected chi connectivity index (χ4v) is 3.36. The molecule has 6 nitrogen and oxygen atoms in total. The van der Waals surface area contributed by atoms with Gasteiger partial charge in [0, 0.05) is 0 Å². The number of aliphatic hydroxyl groups is 1. The van der Waals surface area contributed by atoms with Crippen LogP contribution in [-0.2, 0) is 14.3 Å². The maximum Gasteiger partial charge on any atom is 0.352 e. The number of carboxylic acid groups (broad SMARTS) is 1. The van der Waals surface area contributed by atoms with E-state index in [1.807, 2.05) is 6.08 Å². The molecule has 0 aromatic rings. The van der Waals surface area contributed by atoms with Gasteiger partial charge in [0.15, 0.2) is 0 Å². The van der Waals surface area contributed by atoms with Crippen molar-refractivity contribution in [2.45, 2.75) is 31.9 Å². The van der Waals surface area contributed by atoms with Crippen molar-refractivity contribution >= 4 is 11.9 Å². The van der Waals surface area contributed by atoms with Crippen molar-refractivity contribution in [3.63, 3.8) is 0 Å². The van der Waals surface area contributed by atoms with Gasteiger partial charge in [-0.1, -0.05) is 6.08 Å². The van der Waals surface area contributed by atoms with Crippen LogP contribution in [0.1, 0.15) is 19.8 Å². The number of carbonyl (C=O) groups excluding carboxylic acids is 1. The van der Waals surface area contributed by atoms with Gasteiger partial charge < -0.3 is 19.8 Å². The Morgan fingerprint density at radius 1 is 1.55 bits per heavy atom. The van der Waals surface area contributed by atoms with Crippen LogP contribution in [0.3, 0.4) is 0 Å². The predicted octanol–water partition coefficient (Wildman–Crippen LogP) is 0.283. The van der Waals surface area contributed by atoms with Crippen molar-refractivity contribution in [1.29, 1.82) is 0 Å². The minimum absolute atomic E-state index is 0.0880. The normalized spacial score (nSPS) is 30.8. The molecule has 20 heavy (non-hydrogen) atoms. The molecular weight excluding hydrogens is 262 g/mol. The molecule has 3 aliphatic heterocycles. The maximum absolute atomic E-state index is 12.1. The Balaban J connectivity index is 1.95. The van der Waals surface area contributed by atoms with Crippen molar-refractivity contribution in [1.82, 2.24) is 4.90 Å². The molecule has 6 heteroatoms. The number of carbonyl (C=O) groups is 2. The van der Waals surface area contributed by atoms with E-state index in [2.05, 4.69) is 0 Å². The van der Waals surface area contributed by atoms with Gasteiger partial charge in [-0.2, -0.15) is 0 Å². The van der Waals surface area contributed by atoms with Crippen LogP contribution in [0.4, 0.5) is 0 Å². The van der Waals surface area contributed by atoms with Crippen molar-refractivity contribution in [3.8, 4) is 0 Å². The summed E-state index contributed by atoms with van der Waals surface area (Å²) < 4.78 is 5.24. The molecule has 108 valence electrons. The highest BCUT2D eigenvalue weighted by atomic mass is 16.5. The number of fused-ring (bicyclic) bond motifs is 1. The molecule has 1 amide bonds. The Morgan fingerprint density at radius 3 is 2.85 bits per heavy atom. The highest BCUT2D eigenvalue weighted by Crippen LogP contribution is 2.46. The molecular formula is C14H17NO5. The van der Waals surface area contributed by atoms with Crippen molar-refractivity contribution < 1.29 is 24.5 Å². The summed E-state index contributed by atoms with van der Waals surface area (Å²) in [7, 11) is 0. The van der Waals surface area contributed by atoms with Crippen molar-refractivity contribution in [2.75, 3.05) is 13.2 Å². The van der Waals surface area contributed by atoms with Crippen LogP contribution in [0, 0.1) is 5.92 Å².